The number of epoxide rings is 1. The van der Waals surface area contributed by atoms with Crippen LogP contribution in [-0.2, 0) is 19.0 Å². The van der Waals surface area contributed by atoms with Gasteiger partial charge in [-0.2, -0.15) is 0 Å². The van der Waals surface area contributed by atoms with Crippen LogP contribution in [0.1, 0.15) is 46.9 Å². The van der Waals surface area contributed by atoms with Gasteiger partial charge in [0.15, 0.2) is 0 Å². The third-order valence-electron chi connectivity index (χ3n) is 8.03. The molecule has 10 heteroatoms. The molecule has 1 aliphatic carbocycles. The van der Waals surface area contributed by atoms with Gasteiger partial charge < -0.3 is 18.9 Å². The predicted octanol–water partition coefficient (Wildman–Crippen LogP) is 7.19. The zero-order chi connectivity index (χ0) is 29.4. The molecule has 3 heterocycles. The Kier molecular flexibility index (Phi) is 7.97. The van der Waals surface area contributed by atoms with E-state index < -0.39 is 24.0 Å². The van der Waals surface area contributed by atoms with Crippen molar-refractivity contribution in [2.45, 2.75) is 44.0 Å². The van der Waals surface area contributed by atoms with Crippen LogP contribution < -0.4 is 4.74 Å². The van der Waals surface area contributed by atoms with Gasteiger partial charge in [-0.15, -0.1) is 0 Å². The van der Waals surface area contributed by atoms with Crippen LogP contribution in [-0.4, -0.2) is 42.3 Å². The van der Waals surface area contributed by atoms with Crippen molar-refractivity contribution >= 4 is 50.8 Å². The lowest BCUT2D eigenvalue weighted by atomic mass is 9.78. The molecule has 2 saturated heterocycles. The number of fused-ring (bicyclic) bond motifs is 3. The normalized spacial score (nSPS) is 27.3. The number of allylic oxidation sites excluding steroid dienone is 2. The molecule has 216 valence electrons. The highest BCUT2D eigenvalue weighted by Crippen LogP contribution is 2.50. The molecule has 0 bridgehead atoms. The van der Waals surface area contributed by atoms with E-state index in [4.69, 9.17) is 31.2 Å². The van der Waals surface area contributed by atoms with Gasteiger partial charge in [0.05, 0.1) is 23.3 Å². The molecule has 0 spiro atoms. The summed E-state index contributed by atoms with van der Waals surface area (Å²) >= 11 is 5.21. The second-order valence-electron chi connectivity index (χ2n) is 10.8. The first-order chi connectivity index (χ1) is 20.2. The minimum Gasteiger partial charge on any atom is -0.462 e. The van der Waals surface area contributed by atoms with E-state index in [0.29, 0.717) is 17.7 Å². The van der Waals surface area contributed by atoms with E-state index in [0.717, 1.165) is 27.1 Å². The predicted molar refractivity (Wildman–Crippen MR) is 162 cm³/mol. The first kappa shape index (κ1) is 28.7. The Bertz CT molecular complexity index is 1640. The van der Waals surface area contributed by atoms with Gasteiger partial charge in [0.25, 0.3) is 0 Å². The summed E-state index contributed by atoms with van der Waals surface area (Å²) in [5.74, 6) is -2.02. The molecular weight excluding hydrogens is 593 g/mol. The van der Waals surface area contributed by atoms with E-state index in [9.17, 15) is 14.4 Å². The summed E-state index contributed by atoms with van der Waals surface area (Å²) in [6, 6.07) is 15.5. The summed E-state index contributed by atoms with van der Waals surface area (Å²) in [5, 5.41) is 0. The molecule has 1 aromatic heterocycles. The van der Waals surface area contributed by atoms with Crippen molar-refractivity contribution in [1.29, 1.82) is 0 Å². The number of hydrogen-bond acceptors (Lipinski definition) is 10. The quantitative estimate of drug-likeness (QED) is 0.0544. The minimum atomic E-state index is -0.670. The van der Waals surface area contributed by atoms with Gasteiger partial charge >= 0.3 is 17.9 Å². The number of ether oxygens (including phenoxy) is 4. The minimum absolute atomic E-state index is 0.0177. The molecule has 42 heavy (non-hydrogen) atoms. The highest BCUT2D eigenvalue weighted by atomic mass is 32.9. The molecule has 1 unspecified atom stereocenters. The molecule has 3 aliphatic rings. The Morgan fingerprint density at radius 1 is 1.07 bits per heavy atom. The van der Waals surface area contributed by atoms with Crippen molar-refractivity contribution in [3.63, 3.8) is 0 Å². The molecule has 2 fully saturated rings. The van der Waals surface area contributed by atoms with Crippen LogP contribution in [0.3, 0.4) is 0 Å². The monoisotopic (exact) mass is 620 g/mol. The lowest BCUT2D eigenvalue weighted by Gasteiger charge is -2.26. The van der Waals surface area contributed by atoms with Crippen molar-refractivity contribution in [1.82, 2.24) is 0 Å². The van der Waals surface area contributed by atoms with Crippen LogP contribution >= 0.6 is 32.9 Å². The standard InChI is InChI=1S/C32H28O7S3/c1-18-26-20(8-4-3-7-15-32(2)28(39-32)27(26)38-29(18)33)17-36-30(34)22-9-5-6-10-23(22)31(35)37-21-13-11-19(12-14-21)24-16-25(40)42-41-24/h3-6,9-14,16,20,26-28H,1,7-8,15,17H2,2H3/b4-3-/t20?,26-,27+,28+,32-/m1/s1. The van der Waals surface area contributed by atoms with Gasteiger partial charge in [0.2, 0.25) is 0 Å². The van der Waals surface area contributed by atoms with Crippen molar-refractivity contribution in [3.8, 4) is 16.2 Å². The fraction of sp³-hybridized carbons (Fsp3) is 0.312. The molecule has 0 saturated carbocycles. The van der Waals surface area contributed by atoms with Gasteiger partial charge in [-0.25, -0.2) is 14.4 Å². The van der Waals surface area contributed by atoms with Crippen molar-refractivity contribution < 1.29 is 33.3 Å². The van der Waals surface area contributed by atoms with Gasteiger partial charge in [-0.05, 0) is 74.2 Å². The van der Waals surface area contributed by atoms with Gasteiger partial charge in [-0.3, -0.25) is 0 Å². The average Bonchev–Trinajstić information content (AvgIpc) is 3.29. The first-order valence-electron chi connectivity index (χ1n) is 13.6. The SMILES string of the molecule is C=C1C(=O)O[C@H]2[C@H]1C(COC(=O)c1ccccc1C(=O)Oc1ccc(-c3cc(=S)ss3)cc1)C/C=C\CC[C@@]1(C)O[C@@H]21. The highest BCUT2D eigenvalue weighted by Gasteiger charge is 2.62. The van der Waals surface area contributed by atoms with Crippen molar-refractivity contribution in [2.24, 2.45) is 11.8 Å². The third-order valence-corrected chi connectivity index (χ3v) is 10.9. The van der Waals surface area contributed by atoms with Crippen LogP contribution in [0.4, 0.5) is 0 Å². The van der Waals surface area contributed by atoms with Crippen molar-refractivity contribution in [3.05, 3.63) is 93.9 Å². The maximum atomic E-state index is 13.3. The van der Waals surface area contributed by atoms with Crippen molar-refractivity contribution in [2.75, 3.05) is 6.61 Å². The molecule has 0 radical (unpaired) electrons. The van der Waals surface area contributed by atoms with Gasteiger partial charge in [-0.1, -0.05) is 63.8 Å². The molecular formula is C32H28O7S3. The highest BCUT2D eigenvalue weighted by molar-refractivity contribution is 7.80. The molecule has 6 rings (SSSR count). The van der Waals surface area contributed by atoms with Crippen LogP contribution in [0, 0.1) is 15.7 Å². The van der Waals surface area contributed by atoms with Gasteiger partial charge in [0, 0.05) is 22.3 Å². The van der Waals surface area contributed by atoms with Gasteiger partial charge in [0.1, 0.15) is 21.8 Å². The fourth-order valence-electron chi connectivity index (χ4n) is 5.68. The van der Waals surface area contributed by atoms with E-state index in [2.05, 4.69) is 12.7 Å². The number of carbonyl (C=O) groups is 3. The third kappa shape index (κ3) is 5.76. The maximum absolute atomic E-state index is 13.3. The van der Waals surface area contributed by atoms with E-state index >= 15 is 0 Å². The molecule has 3 aromatic rings. The summed E-state index contributed by atoms with van der Waals surface area (Å²) in [6.45, 7) is 6.04. The topological polar surface area (TPSA) is 91.4 Å². The largest absolute Gasteiger partial charge is 0.462 e. The van der Waals surface area contributed by atoms with Crippen LogP contribution in [0.25, 0.3) is 10.4 Å². The number of esters is 3. The second-order valence-corrected chi connectivity index (χ2v) is 13.7. The number of carbonyl (C=O) groups excluding carboxylic acids is 3. The summed E-state index contributed by atoms with van der Waals surface area (Å²) in [4.78, 5) is 40.0. The Balaban J connectivity index is 1.16. The smallest absolute Gasteiger partial charge is 0.344 e. The van der Waals surface area contributed by atoms with Crippen LogP contribution in [0.5, 0.6) is 5.75 Å². The Morgan fingerprint density at radius 3 is 2.52 bits per heavy atom. The zero-order valence-corrected chi connectivity index (χ0v) is 25.2. The summed E-state index contributed by atoms with van der Waals surface area (Å²) in [5.41, 5.74) is 1.18. The number of hydrogen-bond donors (Lipinski definition) is 0. The average molecular weight is 621 g/mol. The molecule has 2 aromatic carbocycles. The second kappa shape index (κ2) is 11.7. The Hall–Kier alpha value is -3.44. The lowest BCUT2D eigenvalue weighted by molar-refractivity contribution is -0.140. The lowest BCUT2D eigenvalue weighted by Crippen LogP contribution is -2.35. The number of benzene rings is 2. The summed E-state index contributed by atoms with van der Waals surface area (Å²) in [6.07, 6.45) is 5.70. The first-order valence-corrected chi connectivity index (χ1v) is 16.2. The molecule has 0 N–H and O–H groups in total. The zero-order valence-electron chi connectivity index (χ0n) is 22.8. The molecule has 2 aliphatic heterocycles. The maximum Gasteiger partial charge on any atom is 0.344 e. The summed E-state index contributed by atoms with van der Waals surface area (Å²) < 4.78 is 23.9. The van der Waals surface area contributed by atoms with E-state index in [1.165, 1.54) is 22.5 Å². The van der Waals surface area contributed by atoms with E-state index in [-0.39, 0.29) is 41.3 Å². The molecule has 7 nitrogen and oxygen atoms in total. The van der Waals surface area contributed by atoms with Crippen LogP contribution in [0.15, 0.2) is 78.9 Å². The number of rotatable bonds is 6. The molecule has 5 atom stereocenters. The van der Waals surface area contributed by atoms with Crippen LogP contribution in [0.2, 0.25) is 0 Å². The Morgan fingerprint density at radius 2 is 1.81 bits per heavy atom. The van der Waals surface area contributed by atoms with E-state index in [1.54, 1.807) is 34.6 Å². The Labute approximate surface area is 255 Å². The summed E-state index contributed by atoms with van der Waals surface area (Å²) in [7, 11) is 3.12. The fourth-order valence-corrected chi connectivity index (χ4v) is 8.08. The molecule has 0 amide bonds. The van der Waals surface area contributed by atoms with E-state index in [1.807, 2.05) is 31.2 Å².